The van der Waals surface area contributed by atoms with Gasteiger partial charge in [0.05, 0.1) is 17.9 Å². The third kappa shape index (κ3) is 3.30. The number of aromatic nitrogens is 1. The molecule has 4 nitrogen and oxygen atoms in total. The van der Waals surface area contributed by atoms with Gasteiger partial charge in [-0.3, -0.25) is 0 Å². The van der Waals surface area contributed by atoms with Crippen LogP contribution in [0.2, 0.25) is 0 Å². The molecule has 1 heterocycles. The van der Waals surface area contributed by atoms with Crippen molar-refractivity contribution in [2.45, 2.75) is 6.54 Å². The topological polar surface area (TPSA) is 62.2 Å². The molecule has 20 heavy (non-hydrogen) atoms. The van der Waals surface area contributed by atoms with Crippen molar-refractivity contribution in [3.63, 3.8) is 0 Å². The van der Waals surface area contributed by atoms with E-state index in [9.17, 15) is 13.6 Å². The first-order valence-corrected chi connectivity index (χ1v) is 6.34. The normalized spacial score (nSPS) is 10.3. The Bertz CT molecular complexity index is 642. The highest BCUT2D eigenvalue weighted by Gasteiger charge is 2.10. The zero-order chi connectivity index (χ0) is 14.7. The minimum atomic E-state index is -1.14. The minimum Gasteiger partial charge on any atom is -0.477 e. The average molecular weight is 343 g/mol. The van der Waals surface area contributed by atoms with Crippen molar-refractivity contribution in [1.82, 2.24) is 4.98 Å². The number of aromatic carboxylic acids is 1. The summed E-state index contributed by atoms with van der Waals surface area (Å²) in [6, 6.07) is 6.40. The molecule has 104 valence electrons. The lowest BCUT2D eigenvalue weighted by Gasteiger charge is -2.10. The molecule has 0 aliphatic rings. The van der Waals surface area contributed by atoms with E-state index in [1.54, 1.807) is 12.1 Å². The van der Waals surface area contributed by atoms with Gasteiger partial charge in [0.15, 0.2) is 0 Å². The van der Waals surface area contributed by atoms with Gasteiger partial charge in [-0.15, -0.1) is 0 Å². The fraction of sp³-hybridized carbons (Fsp3) is 0.0769. The Morgan fingerprint density at radius 3 is 2.75 bits per heavy atom. The van der Waals surface area contributed by atoms with Gasteiger partial charge in [0.25, 0.3) is 0 Å². The lowest BCUT2D eigenvalue weighted by atomic mass is 10.2. The second kappa shape index (κ2) is 5.96. The van der Waals surface area contributed by atoms with Crippen LogP contribution in [0.5, 0.6) is 0 Å². The van der Waals surface area contributed by atoms with Crippen LogP contribution in [0.4, 0.5) is 14.5 Å². The third-order valence-electron chi connectivity index (χ3n) is 2.48. The maximum atomic E-state index is 13.6. The third-order valence-corrected chi connectivity index (χ3v) is 3.10. The zero-order valence-electron chi connectivity index (χ0n) is 10.0. The van der Waals surface area contributed by atoms with Crippen LogP contribution in [0.15, 0.2) is 34.8 Å². The van der Waals surface area contributed by atoms with Crippen LogP contribution in [-0.2, 0) is 6.54 Å². The summed E-state index contributed by atoms with van der Waals surface area (Å²) in [4.78, 5) is 14.7. The maximum absolute atomic E-state index is 13.6. The summed E-state index contributed by atoms with van der Waals surface area (Å²) < 4.78 is 26.8. The Balaban J connectivity index is 2.17. The van der Waals surface area contributed by atoms with Crippen LogP contribution < -0.4 is 5.32 Å². The minimum absolute atomic E-state index is 0.0916. The number of benzene rings is 1. The summed E-state index contributed by atoms with van der Waals surface area (Å²) in [6.45, 7) is 0.113. The Morgan fingerprint density at radius 1 is 1.35 bits per heavy atom. The first-order chi connectivity index (χ1) is 9.47. The molecule has 0 atom stereocenters. The number of anilines is 1. The van der Waals surface area contributed by atoms with Gasteiger partial charge in [0.2, 0.25) is 0 Å². The predicted molar refractivity (Wildman–Crippen MR) is 72.6 cm³/mol. The van der Waals surface area contributed by atoms with Crippen LogP contribution in [0, 0.1) is 11.6 Å². The smallest absolute Gasteiger partial charge is 0.354 e. The highest BCUT2D eigenvalue weighted by Crippen LogP contribution is 2.27. The number of carboxylic acids is 1. The fourth-order valence-corrected chi connectivity index (χ4v) is 2.14. The number of nitrogens with zero attached hydrogens (tertiary/aromatic N) is 1. The van der Waals surface area contributed by atoms with Gasteiger partial charge in [-0.25, -0.2) is 18.6 Å². The highest BCUT2D eigenvalue weighted by molar-refractivity contribution is 9.10. The van der Waals surface area contributed by atoms with Crippen LogP contribution >= 0.6 is 15.9 Å². The van der Waals surface area contributed by atoms with E-state index >= 15 is 0 Å². The van der Waals surface area contributed by atoms with Gasteiger partial charge >= 0.3 is 5.97 Å². The van der Waals surface area contributed by atoms with E-state index < -0.39 is 17.6 Å². The number of rotatable bonds is 4. The number of hydrogen-bond acceptors (Lipinski definition) is 3. The second-order valence-corrected chi connectivity index (χ2v) is 4.77. The Kier molecular flexibility index (Phi) is 4.29. The maximum Gasteiger partial charge on any atom is 0.354 e. The molecule has 0 saturated heterocycles. The first kappa shape index (κ1) is 14.4. The predicted octanol–water partition coefficient (Wildman–Crippen LogP) is 3.43. The standard InChI is InChI=1S/C13H9BrF2N2O2/c14-9-4-7(15)5-10(16)12(9)17-6-8-2-1-3-11(18-8)13(19)20/h1-5,17H,6H2,(H,19,20). The number of carboxylic acid groups (broad SMARTS) is 1. The van der Waals surface area contributed by atoms with E-state index in [0.29, 0.717) is 5.69 Å². The molecule has 2 aromatic rings. The number of pyridine rings is 1. The van der Waals surface area contributed by atoms with Crippen LogP contribution in [0.3, 0.4) is 0 Å². The molecule has 7 heteroatoms. The molecule has 2 N–H and O–H groups in total. The van der Waals surface area contributed by atoms with Crippen LogP contribution in [-0.4, -0.2) is 16.1 Å². The molecule has 0 spiro atoms. The number of hydrogen-bond donors (Lipinski definition) is 2. The molecule has 1 aromatic heterocycles. The summed E-state index contributed by atoms with van der Waals surface area (Å²) in [5, 5.41) is 11.6. The van der Waals surface area contributed by atoms with Gasteiger partial charge in [0, 0.05) is 10.5 Å². The van der Waals surface area contributed by atoms with Crippen molar-refractivity contribution in [2.75, 3.05) is 5.32 Å². The second-order valence-electron chi connectivity index (χ2n) is 3.92. The van der Waals surface area contributed by atoms with E-state index in [1.165, 1.54) is 6.07 Å². The van der Waals surface area contributed by atoms with Crippen molar-refractivity contribution in [1.29, 1.82) is 0 Å². The number of nitrogens with one attached hydrogen (secondary N) is 1. The molecular weight excluding hydrogens is 334 g/mol. The quantitative estimate of drug-likeness (QED) is 0.893. The Morgan fingerprint density at radius 2 is 2.10 bits per heavy atom. The van der Waals surface area contributed by atoms with Gasteiger partial charge in [-0.05, 0) is 34.1 Å². The van der Waals surface area contributed by atoms with Gasteiger partial charge < -0.3 is 10.4 Å². The van der Waals surface area contributed by atoms with Crippen molar-refractivity contribution < 1.29 is 18.7 Å². The molecule has 0 unspecified atom stereocenters. The van der Waals surface area contributed by atoms with E-state index in [4.69, 9.17) is 5.11 Å². The van der Waals surface area contributed by atoms with E-state index in [-0.39, 0.29) is 22.4 Å². The van der Waals surface area contributed by atoms with Crippen molar-refractivity contribution >= 4 is 27.6 Å². The molecule has 0 amide bonds. The molecule has 0 aliphatic carbocycles. The highest BCUT2D eigenvalue weighted by atomic mass is 79.9. The largest absolute Gasteiger partial charge is 0.477 e. The summed E-state index contributed by atoms with van der Waals surface area (Å²) in [5.41, 5.74) is 0.428. The summed E-state index contributed by atoms with van der Waals surface area (Å²) >= 11 is 3.05. The Labute approximate surface area is 121 Å². The zero-order valence-corrected chi connectivity index (χ0v) is 11.6. The van der Waals surface area contributed by atoms with Gasteiger partial charge in [-0.1, -0.05) is 6.07 Å². The van der Waals surface area contributed by atoms with Crippen molar-refractivity contribution in [3.05, 3.63) is 57.8 Å². The molecular formula is C13H9BrF2N2O2. The number of carbonyl (C=O) groups is 1. The number of halogens is 3. The average Bonchev–Trinajstić information content (AvgIpc) is 2.37. The first-order valence-electron chi connectivity index (χ1n) is 5.55. The van der Waals surface area contributed by atoms with Crippen molar-refractivity contribution in [3.8, 4) is 0 Å². The van der Waals surface area contributed by atoms with Crippen molar-refractivity contribution in [2.24, 2.45) is 0 Å². The molecule has 0 aliphatic heterocycles. The van der Waals surface area contributed by atoms with E-state index in [2.05, 4.69) is 26.2 Å². The lowest BCUT2D eigenvalue weighted by Crippen LogP contribution is -2.07. The summed E-state index contributed by atoms with van der Waals surface area (Å²) in [5.74, 6) is -2.57. The molecule has 0 radical (unpaired) electrons. The van der Waals surface area contributed by atoms with Crippen LogP contribution in [0.1, 0.15) is 16.2 Å². The molecule has 0 saturated carbocycles. The van der Waals surface area contributed by atoms with Crippen LogP contribution in [0.25, 0.3) is 0 Å². The molecule has 1 aromatic carbocycles. The fourth-order valence-electron chi connectivity index (χ4n) is 1.59. The Hall–Kier alpha value is -2.02. The summed E-state index contributed by atoms with van der Waals surface area (Å²) in [7, 11) is 0. The van der Waals surface area contributed by atoms with Gasteiger partial charge in [0.1, 0.15) is 17.3 Å². The van der Waals surface area contributed by atoms with E-state index in [1.807, 2.05) is 0 Å². The summed E-state index contributed by atoms with van der Waals surface area (Å²) in [6.07, 6.45) is 0. The molecule has 0 bridgehead atoms. The molecule has 0 fully saturated rings. The van der Waals surface area contributed by atoms with E-state index in [0.717, 1.165) is 12.1 Å². The monoisotopic (exact) mass is 342 g/mol. The SMILES string of the molecule is O=C(O)c1cccc(CNc2c(F)cc(F)cc2Br)n1. The van der Waals surface area contributed by atoms with Gasteiger partial charge in [-0.2, -0.15) is 0 Å². The lowest BCUT2D eigenvalue weighted by molar-refractivity contribution is 0.0690. The molecule has 2 rings (SSSR count).